The Labute approximate surface area is 72.3 Å². The predicted molar refractivity (Wildman–Crippen MR) is 44.6 cm³/mol. The molecule has 2 saturated carbocycles. The van der Waals surface area contributed by atoms with Gasteiger partial charge in [-0.05, 0) is 31.6 Å². The Morgan fingerprint density at radius 2 is 2.25 bits per heavy atom. The lowest BCUT2D eigenvalue weighted by atomic mass is 9.85. The zero-order valence-electron chi connectivity index (χ0n) is 7.38. The molecule has 2 aliphatic rings. The number of hydrogen-bond acceptors (Lipinski definition) is 2. The number of ketones is 2. The van der Waals surface area contributed by atoms with Crippen molar-refractivity contribution < 1.29 is 9.59 Å². The molecule has 2 heteroatoms. The maximum Gasteiger partial charge on any atom is 0.136 e. The van der Waals surface area contributed by atoms with Crippen LogP contribution in [0.2, 0.25) is 0 Å². The molecule has 0 N–H and O–H groups in total. The fraction of sp³-hybridized carbons (Fsp3) is 0.800. The third-order valence-corrected chi connectivity index (χ3v) is 3.25. The molecule has 0 radical (unpaired) electrons. The zero-order chi connectivity index (χ0) is 8.72. The highest BCUT2D eigenvalue weighted by Gasteiger charge is 2.45. The third-order valence-electron chi connectivity index (χ3n) is 3.25. The zero-order valence-corrected chi connectivity index (χ0v) is 7.38. The average molecular weight is 166 g/mol. The minimum Gasteiger partial charge on any atom is -0.300 e. The Morgan fingerprint density at radius 1 is 1.50 bits per heavy atom. The van der Waals surface area contributed by atoms with Gasteiger partial charge in [0.25, 0.3) is 0 Å². The molecule has 2 fully saturated rings. The first-order valence-electron chi connectivity index (χ1n) is 4.69. The summed E-state index contributed by atoms with van der Waals surface area (Å²) in [5, 5.41) is 0. The van der Waals surface area contributed by atoms with E-state index in [0.29, 0.717) is 24.0 Å². The van der Waals surface area contributed by atoms with Gasteiger partial charge in [0.05, 0.1) is 0 Å². The summed E-state index contributed by atoms with van der Waals surface area (Å²) in [6, 6.07) is 0. The Bertz CT molecular complexity index is 232. The molecule has 2 nitrogen and oxygen atoms in total. The van der Waals surface area contributed by atoms with Crippen LogP contribution in [0, 0.1) is 17.8 Å². The van der Waals surface area contributed by atoms with Gasteiger partial charge < -0.3 is 4.79 Å². The highest BCUT2D eigenvalue weighted by molar-refractivity contribution is 5.86. The molecule has 66 valence electrons. The number of Topliss-reactive ketones (excluding diaryl/α,β-unsaturated/α-hetero) is 2. The highest BCUT2D eigenvalue weighted by Crippen LogP contribution is 2.47. The molecule has 0 aromatic heterocycles. The van der Waals surface area contributed by atoms with Gasteiger partial charge in [-0.15, -0.1) is 0 Å². The van der Waals surface area contributed by atoms with Gasteiger partial charge >= 0.3 is 0 Å². The summed E-state index contributed by atoms with van der Waals surface area (Å²) < 4.78 is 0. The third kappa shape index (κ3) is 1.19. The van der Waals surface area contributed by atoms with Gasteiger partial charge in [-0.1, -0.05) is 0 Å². The fourth-order valence-corrected chi connectivity index (χ4v) is 2.83. The molecule has 3 atom stereocenters. The molecular weight excluding hydrogens is 152 g/mol. The number of fused-ring (bicyclic) bond motifs is 2. The Balaban J connectivity index is 2.02. The number of hydrogen-bond donors (Lipinski definition) is 0. The van der Waals surface area contributed by atoms with Gasteiger partial charge in [0.15, 0.2) is 0 Å². The molecule has 0 aromatic carbocycles. The van der Waals surface area contributed by atoms with E-state index in [1.165, 1.54) is 0 Å². The van der Waals surface area contributed by atoms with E-state index in [0.717, 1.165) is 19.3 Å². The Kier molecular flexibility index (Phi) is 1.78. The first kappa shape index (κ1) is 7.96. The quantitative estimate of drug-likeness (QED) is 0.624. The van der Waals surface area contributed by atoms with Crippen LogP contribution in [0.25, 0.3) is 0 Å². The largest absolute Gasteiger partial charge is 0.300 e. The van der Waals surface area contributed by atoms with Gasteiger partial charge in [0.2, 0.25) is 0 Å². The van der Waals surface area contributed by atoms with Gasteiger partial charge in [0, 0.05) is 18.8 Å². The van der Waals surface area contributed by atoms with Crippen LogP contribution >= 0.6 is 0 Å². The summed E-state index contributed by atoms with van der Waals surface area (Å²) in [5.41, 5.74) is 0. The van der Waals surface area contributed by atoms with E-state index in [9.17, 15) is 9.59 Å². The molecule has 0 saturated heterocycles. The summed E-state index contributed by atoms with van der Waals surface area (Å²) >= 11 is 0. The van der Waals surface area contributed by atoms with E-state index in [1.54, 1.807) is 6.92 Å². The van der Waals surface area contributed by atoms with Crippen LogP contribution in [0.5, 0.6) is 0 Å². The molecule has 0 unspecified atom stereocenters. The van der Waals surface area contributed by atoms with Crippen LogP contribution in [0.15, 0.2) is 0 Å². The van der Waals surface area contributed by atoms with Crippen LogP contribution in [-0.2, 0) is 9.59 Å². The van der Waals surface area contributed by atoms with E-state index in [1.807, 2.05) is 0 Å². The van der Waals surface area contributed by atoms with Gasteiger partial charge in [-0.3, -0.25) is 4.79 Å². The van der Waals surface area contributed by atoms with Crippen LogP contribution < -0.4 is 0 Å². The summed E-state index contributed by atoms with van der Waals surface area (Å²) in [7, 11) is 0. The monoisotopic (exact) mass is 166 g/mol. The van der Waals surface area contributed by atoms with Crippen LogP contribution in [0.3, 0.4) is 0 Å². The lowest BCUT2D eigenvalue weighted by Crippen LogP contribution is -2.21. The van der Waals surface area contributed by atoms with Gasteiger partial charge in [-0.25, -0.2) is 0 Å². The molecule has 2 bridgehead atoms. The second kappa shape index (κ2) is 2.68. The molecular formula is C10H14O2. The SMILES string of the molecule is CC(=O)C[C@H]1C[C@@H]2CC(=O)[C@H]1C2. The average Bonchev–Trinajstić information content (AvgIpc) is 2.43. The van der Waals surface area contributed by atoms with Crippen molar-refractivity contribution in [1.82, 2.24) is 0 Å². The lowest BCUT2D eigenvalue weighted by molar-refractivity contribution is -0.124. The van der Waals surface area contributed by atoms with Crippen molar-refractivity contribution >= 4 is 11.6 Å². The van der Waals surface area contributed by atoms with E-state index >= 15 is 0 Å². The summed E-state index contributed by atoms with van der Waals surface area (Å²) in [6.07, 6.45) is 3.61. The summed E-state index contributed by atoms with van der Waals surface area (Å²) in [5.74, 6) is 1.91. The molecule has 12 heavy (non-hydrogen) atoms. The minimum atomic E-state index is 0.236. The molecule has 2 rings (SSSR count). The standard InChI is InChI=1S/C10H14O2/c1-6(11)2-8-3-7-4-9(8)10(12)5-7/h7-9H,2-5H2,1H3/t7-,8-,9-/m0/s1. The van der Waals surface area contributed by atoms with Gasteiger partial charge in [-0.2, -0.15) is 0 Å². The maximum atomic E-state index is 11.3. The van der Waals surface area contributed by atoms with Crippen LogP contribution in [0.1, 0.15) is 32.6 Å². The predicted octanol–water partition coefficient (Wildman–Crippen LogP) is 1.58. The van der Waals surface area contributed by atoms with E-state index in [4.69, 9.17) is 0 Å². The molecule has 0 amide bonds. The van der Waals surface area contributed by atoms with Crippen molar-refractivity contribution in [3.63, 3.8) is 0 Å². The molecule has 0 aliphatic heterocycles. The first-order valence-corrected chi connectivity index (χ1v) is 4.69. The molecule has 0 heterocycles. The lowest BCUT2D eigenvalue weighted by Gasteiger charge is -2.18. The molecule has 0 spiro atoms. The van der Waals surface area contributed by atoms with Crippen molar-refractivity contribution in [2.75, 3.05) is 0 Å². The molecule has 2 aliphatic carbocycles. The summed E-state index contributed by atoms with van der Waals surface area (Å²) in [6.45, 7) is 1.62. The van der Waals surface area contributed by atoms with Crippen LogP contribution in [-0.4, -0.2) is 11.6 Å². The smallest absolute Gasteiger partial charge is 0.136 e. The van der Waals surface area contributed by atoms with Crippen molar-refractivity contribution in [3.8, 4) is 0 Å². The summed E-state index contributed by atoms with van der Waals surface area (Å²) in [4.78, 5) is 22.2. The Hall–Kier alpha value is -0.660. The topological polar surface area (TPSA) is 34.1 Å². The number of rotatable bonds is 2. The second-order valence-electron chi connectivity index (χ2n) is 4.28. The van der Waals surface area contributed by atoms with Gasteiger partial charge in [0.1, 0.15) is 11.6 Å². The van der Waals surface area contributed by atoms with E-state index in [-0.39, 0.29) is 11.7 Å². The minimum absolute atomic E-state index is 0.236. The van der Waals surface area contributed by atoms with E-state index < -0.39 is 0 Å². The number of carbonyl (C=O) groups is 2. The van der Waals surface area contributed by atoms with E-state index in [2.05, 4.69) is 0 Å². The van der Waals surface area contributed by atoms with Crippen molar-refractivity contribution in [3.05, 3.63) is 0 Å². The second-order valence-corrected chi connectivity index (χ2v) is 4.28. The highest BCUT2D eigenvalue weighted by atomic mass is 16.1. The van der Waals surface area contributed by atoms with Crippen molar-refractivity contribution in [2.45, 2.75) is 32.6 Å². The first-order chi connectivity index (χ1) is 5.66. The normalized spacial score (nSPS) is 39.1. The maximum absolute atomic E-state index is 11.3. The number of carbonyl (C=O) groups excluding carboxylic acids is 2. The Morgan fingerprint density at radius 3 is 2.75 bits per heavy atom. The van der Waals surface area contributed by atoms with Crippen LogP contribution in [0.4, 0.5) is 0 Å². The molecule has 0 aromatic rings. The van der Waals surface area contributed by atoms with Crippen molar-refractivity contribution in [1.29, 1.82) is 0 Å². The van der Waals surface area contributed by atoms with Crippen molar-refractivity contribution in [2.24, 2.45) is 17.8 Å². The fourth-order valence-electron chi connectivity index (χ4n) is 2.83.